The third kappa shape index (κ3) is 2.70. The lowest BCUT2D eigenvalue weighted by Gasteiger charge is -2.22. The number of anilines is 2. The van der Waals surface area contributed by atoms with Crippen molar-refractivity contribution in [2.45, 2.75) is 12.3 Å². The monoisotopic (exact) mass is 289 g/mol. The fourth-order valence-corrected chi connectivity index (χ4v) is 2.33. The molecule has 17 heavy (non-hydrogen) atoms. The van der Waals surface area contributed by atoms with Crippen molar-refractivity contribution < 1.29 is 0 Å². The van der Waals surface area contributed by atoms with Crippen molar-refractivity contribution in [3.8, 4) is 0 Å². The molecule has 0 spiro atoms. The second-order valence-electron chi connectivity index (χ2n) is 4.16. The molecule has 0 aliphatic carbocycles. The Labute approximate surface area is 111 Å². The van der Waals surface area contributed by atoms with Gasteiger partial charge in [-0.1, -0.05) is 51.8 Å². The first-order chi connectivity index (χ1) is 8.22. The van der Waals surface area contributed by atoms with Gasteiger partial charge >= 0.3 is 0 Å². The maximum Gasteiger partial charge on any atom is 0.0449 e. The van der Waals surface area contributed by atoms with Crippen molar-refractivity contribution in [2.75, 3.05) is 11.9 Å². The largest absolute Gasteiger partial charge is 0.344 e. The fourth-order valence-electron chi connectivity index (χ4n) is 1.86. The minimum atomic E-state index is 0.874. The Hall–Kier alpha value is -1.28. The van der Waals surface area contributed by atoms with Gasteiger partial charge in [0.05, 0.1) is 0 Å². The minimum absolute atomic E-state index is 0.874. The first-order valence-electron chi connectivity index (χ1n) is 5.66. The maximum atomic E-state index is 3.53. The van der Waals surface area contributed by atoms with Gasteiger partial charge in [-0.25, -0.2) is 0 Å². The summed E-state index contributed by atoms with van der Waals surface area (Å²) < 4.78 is 0. The third-order valence-corrected chi connectivity index (χ3v) is 3.52. The molecule has 0 atom stereocenters. The van der Waals surface area contributed by atoms with Crippen molar-refractivity contribution >= 4 is 27.3 Å². The van der Waals surface area contributed by atoms with Crippen LogP contribution >= 0.6 is 15.9 Å². The summed E-state index contributed by atoms with van der Waals surface area (Å²) in [6.45, 7) is 2.11. The Kier molecular flexibility index (Phi) is 3.85. The average molecular weight is 290 g/mol. The highest BCUT2D eigenvalue weighted by atomic mass is 79.9. The van der Waals surface area contributed by atoms with Crippen LogP contribution in [0.3, 0.4) is 0 Å². The Morgan fingerprint density at radius 2 is 1.65 bits per heavy atom. The number of benzene rings is 2. The van der Waals surface area contributed by atoms with E-state index < -0.39 is 0 Å². The predicted molar refractivity (Wildman–Crippen MR) is 78.3 cm³/mol. The summed E-state index contributed by atoms with van der Waals surface area (Å²) in [5.74, 6) is 0. The number of hydrogen-bond acceptors (Lipinski definition) is 1. The van der Waals surface area contributed by atoms with E-state index in [0.717, 1.165) is 5.33 Å². The Bertz CT molecular complexity index is 491. The molecular weight excluding hydrogens is 274 g/mol. The molecule has 0 fully saturated rings. The molecule has 2 aromatic carbocycles. The first-order valence-corrected chi connectivity index (χ1v) is 6.79. The lowest BCUT2D eigenvalue weighted by molar-refractivity contribution is 1.18. The van der Waals surface area contributed by atoms with Crippen LogP contribution in [-0.4, -0.2) is 7.05 Å². The summed E-state index contributed by atoms with van der Waals surface area (Å²) in [4.78, 5) is 2.22. The van der Waals surface area contributed by atoms with Crippen molar-refractivity contribution in [1.82, 2.24) is 0 Å². The lowest BCUT2D eigenvalue weighted by atomic mass is 10.1. The molecule has 88 valence electrons. The van der Waals surface area contributed by atoms with Gasteiger partial charge in [-0.3, -0.25) is 0 Å². The van der Waals surface area contributed by atoms with E-state index in [2.05, 4.69) is 83.3 Å². The van der Waals surface area contributed by atoms with E-state index in [-0.39, 0.29) is 0 Å². The quantitative estimate of drug-likeness (QED) is 0.743. The molecule has 2 rings (SSSR count). The SMILES string of the molecule is Cc1ccc(N(C)c2ccccc2CBr)cc1. The molecule has 0 saturated carbocycles. The van der Waals surface area contributed by atoms with E-state index in [0.29, 0.717) is 0 Å². The molecule has 0 unspecified atom stereocenters. The molecular formula is C15H16BrN. The van der Waals surface area contributed by atoms with Crippen LogP contribution in [0.5, 0.6) is 0 Å². The summed E-state index contributed by atoms with van der Waals surface area (Å²) in [6, 6.07) is 17.0. The molecule has 1 nitrogen and oxygen atoms in total. The zero-order valence-electron chi connectivity index (χ0n) is 10.2. The van der Waals surface area contributed by atoms with Gasteiger partial charge in [-0.2, -0.15) is 0 Å². The summed E-state index contributed by atoms with van der Waals surface area (Å²) in [7, 11) is 2.10. The minimum Gasteiger partial charge on any atom is -0.344 e. The van der Waals surface area contributed by atoms with E-state index in [4.69, 9.17) is 0 Å². The van der Waals surface area contributed by atoms with Crippen molar-refractivity contribution in [2.24, 2.45) is 0 Å². The highest BCUT2D eigenvalue weighted by Gasteiger charge is 2.07. The van der Waals surface area contributed by atoms with E-state index in [1.165, 1.54) is 22.5 Å². The molecule has 0 bridgehead atoms. The topological polar surface area (TPSA) is 3.24 Å². The molecule has 2 aromatic rings. The van der Waals surface area contributed by atoms with Crippen LogP contribution < -0.4 is 4.90 Å². The molecule has 0 radical (unpaired) electrons. The molecule has 0 aliphatic heterocycles. The molecule has 0 amide bonds. The van der Waals surface area contributed by atoms with Gasteiger partial charge in [0.15, 0.2) is 0 Å². The highest BCUT2D eigenvalue weighted by molar-refractivity contribution is 9.08. The summed E-state index contributed by atoms with van der Waals surface area (Å²) in [6.07, 6.45) is 0. The van der Waals surface area contributed by atoms with Crippen LogP contribution in [0.4, 0.5) is 11.4 Å². The second kappa shape index (κ2) is 5.37. The number of rotatable bonds is 3. The molecule has 0 saturated heterocycles. The highest BCUT2D eigenvalue weighted by Crippen LogP contribution is 2.28. The normalized spacial score (nSPS) is 10.3. The van der Waals surface area contributed by atoms with Crippen LogP contribution in [0.1, 0.15) is 11.1 Å². The zero-order valence-corrected chi connectivity index (χ0v) is 11.7. The number of nitrogens with zero attached hydrogens (tertiary/aromatic N) is 1. The first kappa shape index (κ1) is 12.2. The van der Waals surface area contributed by atoms with Crippen LogP contribution in [0.15, 0.2) is 48.5 Å². The molecule has 2 heteroatoms. The van der Waals surface area contributed by atoms with Crippen molar-refractivity contribution in [3.63, 3.8) is 0 Å². The standard InChI is InChI=1S/C15H16BrN/c1-12-7-9-14(10-8-12)17(2)15-6-4-3-5-13(15)11-16/h3-10H,11H2,1-2H3. The third-order valence-electron chi connectivity index (χ3n) is 2.92. The van der Waals surface area contributed by atoms with Crippen molar-refractivity contribution in [3.05, 3.63) is 59.7 Å². The van der Waals surface area contributed by atoms with Gasteiger partial charge < -0.3 is 4.90 Å². The number of hydrogen-bond donors (Lipinski definition) is 0. The lowest BCUT2D eigenvalue weighted by Crippen LogP contribution is -2.11. The van der Waals surface area contributed by atoms with Gasteiger partial charge in [0.1, 0.15) is 0 Å². The Balaban J connectivity index is 2.36. The maximum absolute atomic E-state index is 3.53. The smallest absolute Gasteiger partial charge is 0.0449 e. The number of aryl methyl sites for hydroxylation is 1. The predicted octanol–water partition coefficient (Wildman–Crippen LogP) is 4.66. The molecule has 0 N–H and O–H groups in total. The average Bonchev–Trinajstić information content (AvgIpc) is 2.39. The van der Waals surface area contributed by atoms with E-state index >= 15 is 0 Å². The van der Waals surface area contributed by atoms with E-state index in [1.54, 1.807) is 0 Å². The fraction of sp³-hybridized carbons (Fsp3) is 0.200. The van der Waals surface area contributed by atoms with Crippen LogP contribution in [0, 0.1) is 6.92 Å². The molecule has 0 aromatic heterocycles. The number of alkyl halides is 1. The summed E-state index contributed by atoms with van der Waals surface area (Å²) in [5, 5.41) is 0.874. The molecule has 0 heterocycles. The second-order valence-corrected chi connectivity index (χ2v) is 4.72. The van der Waals surface area contributed by atoms with Crippen LogP contribution in [0.2, 0.25) is 0 Å². The van der Waals surface area contributed by atoms with Gasteiger partial charge in [0.25, 0.3) is 0 Å². The van der Waals surface area contributed by atoms with Crippen LogP contribution in [-0.2, 0) is 5.33 Å². The molecule has 0 aliphatic rings. The van der Waals surface area contributed by atoms with Gasteiger partial charge in [-0.15, -0.1) is 0 Å². The van der Waals surface area contributed by atoms with E-state index in [1.807, 2.05) is 0 Å². The van der Waals surface area contributed by atoms with Crippen LogP contribution in [0.25, 0.3) is 0 Å². The van der Waals surface area contributed by atoms with Gasteiger partial charge in [-0.05, 0) is 30.7 Å². The van der Waals surface area contributed by atoms with Gasteiger partial charge in [0.2, 0.25) is 0 Å². The number of halogens is 1. The van der Waals surface area contributed by atoms with Gasteiger partial charge in [0, 0.05) is 23.8 Å². The Morgan fingerprint density at radius 3 is 2.29 bits per heavy atom. The van der Waals surface area contributed by atoms with Crippen molar-refractivity contribution in [1.29, 1.82) is 0 Å². The summed E-state index contributed by atoms with van der Waals surface area (Å²) in [5.41, 5.74) is 5.05. The zero-order chi connectivity index (χ0) is 12.3. The number of para-hydroxylation sites is 1. The Morgan fingerprint density at radius 1 is 1.00 bits per heavy atom. The summed E-state index contributed by atoms with van der Waals surface area (Å²) >= 11 is 3.53. The van der Waals surface area contributed by atoms with E-state index in [9.17, 15) is 0 Å².